The van der Waals surface area contributed by atoms with E-state index in [0.717, 1.165) is 24.5 Å². The summed E-state index contributed by atoms with van der Waals surface area (Å²) in [6.45, 7) is 3.84. The number of nitrogens with zero attached hydrogens (tertiary/aromatic N) is 2. The second-order valence-electron chi connectivity index (χ2n) is 4.99. The van der Waals surface area contributed by atoms with Gasteiger partial charge in [0.1, 0.15) is 5.76 Å². The molecule has 1 N–H and O–H groups in total. The number of nitrogens with one attached hydrogen (secondary N) is 1. The summed E-state index contributed by atoms with van der Waals surface area (Å²) in [6, 6.07) is 9.49. The Kier molecular flexibility index (Phi) is 3.41. The summed E-state index contributed by atoms with van der Waals surface area (Å²) in [6.07, 6.45) is 2.40. The number of benzene rings is 1. The Labute approximate surface area is 117 Å². The highest BCUT2D eigenvalue weighted by Crippen LogP contribution is 2.28. The van der Waals surface area contributed by atoms with Gasteiger partial charge in [-0.25, -0.2) is 0 Å². The largest absolute Gasteiger partial charge is 0.370 e. The lowest BCUT2D eigenvalue weighted by molar-refractivity contribution is 0.101. The maximum absolute atomic E-state index is 12.1. The van der Waals surface area contributed by atoms with Crippen molar-refractivity contribution < 1.29 is 9.32 Å². The van der Waals surface area contributed by atoms with Gasteiger partial charge < -0.3 is 14.7 Å². The molecule has 1 saturated heterocycles. The van der Waals surface area contributed by atoms with E-state index in [-0.39, 0.29) is 5.91 Å². The number of para-hydroxylation sites is 2. The maximum atomic E-state index is 12.1. The Morgan fingerprint density at radius 1 is 1.30 bits per heavy atom. The quantitative estimate of drug-likeness (QED) is 0.932. The van der Waals surface area contributed by atoms with E-state index in [2.05, 4.69) is 15.4 Å². The number of anilines is 2. The van der Waals surface area contributed by atoms with E-state index >= 15 is 0 Å². The van der Waals surface area contributed by atoms with Crippen molar-refractivity contribution in [2.24, 2.45) is 0 Å². The molecule has 0 saturated carbocycles. The zero-order valence-electron chi connectivity index (χ0n) is 11.4. The lowest BCUT2D eigenvalue weighted by atomic mass is 10.2. The Hall–Kier alpha value is -2.30. The normalized spacial score (nSPS) is 14.6. The fourth-order valence-corrected chi connectivity index (χ4v) is 2.47. The minimum Gasteiger partial charge on any atom is -0.370 e. The molecule has 5 heteroatoms. The van der Waals surface area contributed by atoms with Crippen LogP contribution in [-0.2, 0) is 0 Å². The van der Waals surface area contributed by atoms with Crippen LogP contribution in [0.5, 0.6) is 0 Å². The van der Waals surface area contributed by atoms with E-state index in [9.17, 15) is 4.79 Å². The van der Waals surface area contributed by atoms with Crippen molar-refractivity contribution in [1.29, 1.82) is 0 Å². The molecule has 0 atom stereocenters. The molecule has 0 aliphatic carbocycles. The van der Waals surface area contributed by atoms with E-state index in [1.807, 2.05) is 24.3 Å². The fourth-order valence-electron chi connectivity index (χ4n) is 2.47. The van der Waals surface area contributed by atoms with Crippen LogP contribution in [0.25, 0.3) is 0 Å². The van der Waals surface area contributed by atoms with Crippen molar-refractivity contribution in [3.8, 4) is 0 Å². The van der Waals surface area contributed by atoms with Gasteiger partial charge in [0, 0.05) is 19.2 Å². The molecule has 104 valence electrons. The van der Waals surface area contributed by atoms with Crippen LogP contribution < -0.4 is 10.2 Å². The van der Waals surface area contributed by atoms with Crippen LogP contribution in [0.2, 0.25) is 0 Å². The van der Waals surface area contributed by atoms with Crippen LogP contribution in [0.15, 0.2) is 34.9 Å². The first-order valence-corrected chi connectivity index (χ1v) is 6.83. The van der Waals surface area contributed by atoms with Gasteiger partial charge in [0.05, 0.1) is 11.4 Å². The lowest BCUT2D eigenvalue weighted by Crippen LogP contribution is -2.21. The van der Waals surface area contributed by atoms with Gasteiger partial charge in [0.15, 0.2) is 5.69 Å². The van der Waals surface area contributed by atoms with Crippen molar-refractivity contribution in [2.75, 3.05) is 23.3 Å². The predicted molar refractivity (Wildman–Crippen MR) is 77.1 cm³/mol. The molecule has 1 aliphatic rings. The number of amides is 1. The first kappa shape index (κ1) is 12.7. The van der Waals surface area contributed by atoms with E-state index in [1.165, 1.54) is 12.8 Å². The summed E-state index contributed by atoms with van der Waals surface area (Å²) in [7, 11) is 0. The van der Waals surface area contributed by atoms with Crippen molar-refractivity contribution in [3.05, 3.63) is 41.8 Å². The molecule has 0 unspecified atom stereocenters. The number of aryl methyl sites for hydroxylation is 1. The maximum Gasteiger partial charge on any atom is 0.277 e. The van der Waals surface area contributed by atoms with Crippen LogP contribution in [0.4, 0.5) is 11.4 Å². The smallest absolute Gasteiger partial charge is 0.277 e. The molecule has 2 aromatic rings. The molecule has 1 amide bonds. The van der Waals surface area contributed by atoms with Crippen LogP contribution in [0.3, 0.4) is 0 Å². The molecule has 20 heavy (non-hydrogen) atoms. The van der Waals surface area contributed by atoms with Crippen molar-refractivity contribution in [1.82, 2.24) is 5.16 Å². The number of aromatic nitrogens is 1. The molecular formula is C15H17N3O2. The summed E-state index contributed by atoms with van der Waals surface area (Å²) in [5.74, 6) is 0.386. The van der Waals surface area contributed by atoms with Gasteiger partial charge in [-0.05, 0) is 31.9 Å². The first-order valence-electron chi connectivity index (χ1n) is 6.83. The summed E-state index contributed by atoms with van der Waals surface area (Å²) < 4.78 is 4.93. The first-order chi connectivity index (χ1) is 9.74. The van der Waals surface area contributed by atoms with E-state index < -0.39 is 0 Å². The number of carbonyl (C=O) groups is 1. The molecule has 2 heterocycles. The number of hydrogen-bond acceptors (Lipinski definition) is 4. The summed E-state index contributed by atoms with van der Waals surface area (Å²) in [4.78, 5) is 14.4. The topological polar surface area (TPSA) is 58.4 Å². The van der Waals surface area contributed by atoms with Gasteiger partial charge in [0.25, 0.3) is 5.91 Å². The molecule has 0 spiro atoms. The van der Waals surface area contributed by atoms with Crippen LogP contribution in [0.1, 0.15) is 29.1 Å². The summed E-state index contributed by atoms with van der Waals surface area (Å²) in [5.41, 5.74) is 2.19. The monoisotopic (exact) mass is 271 g/mol. The van der Waals surface area contributed by atoms with Crippen molar-refractivity contribution >= 4 is 17.3 Å². The zero-order chi connectivity index (χ0) is 13.9. The molecule has 1 aromatic heterocycles. The molecule has 1 fully saturated rings. The highest BCUT2D eigenvalue weighted by molar-refractivity contribution is 6.04. The molecule has 5 nitrogen and oxygen atoms in total. The van der Waals surface area contributed by atoms with Crippen LogP contribution in [-0.4, -0.2) is 24.2 Å². The third-order valence-electron chi connectivity index (χ3n) is 3.46. The van der Waals surface area contributed by atoms with Gasteiger partial charge >= 0.3 is 0 Å². The second-order valence-corrected chi connectivity index (χ2v) is 4.99. The third kappa shape index (κ3) is 2.52. The van der Waals surface area contributed by atoms with Gasteiger partial charge in [-0.2, -0.15) is 0 Å². The van der Waals surface area contributed by atoms with E-state index in [0.29, 0.717) is 11.5 Å². The van der Waals surface area contributed by atoms with Gasteiger partial charge in [-0.15, -0.1) is 0 Å². The highest BCUT2D eigenvalue weighted by atomic mass is 16.5. The Balaban J connectivity index is 1.81. The average Bonchev–Trinajstić information content (AvgIpc) is 3.10. The fraction of sp³-hybridized carbons (Fsp3) is 0.333. The predicted octanol–water partition coefficient (Wildman–Crippen LogP) is 2.84. The van der Waals surface area contributed by atoms with Gasteiger partial charge in [0.2, 0.25) is 0 Å². The number of carbonyl (C=O) groups excluding carboxylic acids is 1. The van der Waals surface area contributed by atoms with Gasteiger partial charge in [-0.3, -0.25) is 4.79 Å². The highest BCUT2D eigenvalue weighted by Gasteiger charge is 2.18. The van der Waals surface area contributed by atoms with Crippen molar-refractivity contribution in [3.63, 3.8) is 0 Å². The van der Waals surface area contributed by atoms with Crippen LogP contribution >= 0.6 is 0 Å². The van der Waals surface area contributed by atoms with Crippen LogP contribution in [0, 0.1) is 6.92 Å². The second kappa shape index (κ2) is 5.36. The Morgan fingerprint density at radius 2 is 2.05 bits per heavy atom. The molecular weight excluding hydrogens is 254 g/mol. The van der Waals surface area contributed by atoms with Gasteiger partial charge in [-0.1, -0.05) is 17.3 Å². The lowest BCUT2D eigenvalue weighted by Gasteiger charge is -2.21. The van der Waals surface area contributed by atoms with Crippen molar-refractivity contribution in [2.45, 2.75) is 19.8 Å². The Bertz CT molecular complexity index is 615. The number of hydrogen-bond donors (Lipinski definition) is 1. The molecule has 0 radical (unpaired) electrons. The summed E-state index contributed by atoms with van der Waals surface area (Å²) >= 11 is 0. The van der Waals surface area contributed by atoms with E-state index in [4.69, 9.17) is 4.52 Å². The molecule has 1 aliphatic heterocycles. The minimum atomic E-state index is -0.242. The molecule has 3 rings (SSSR count). The molecule has 1 aromatic carbocycles. The average molecular weight is 271 g/mol. The Morgan fingerprint density at radius 3 is 2.75 bits per heavy atom. The van der Waals surface area contributed by atoms with E-state index in [1.54, 1.807) is 13.0 Å². The standard InChI is InChI=1S/C15H17N3O2/c1-11-10-13(17-20-11)15(19)16-12-6-2-3-7-14(12)18-8-4-5-9-18/h2-3,6-7,10H,4-5,8-9H2,1H3,(H,16,19). The number of rotatable bonds is 3. The molecule has 0 bridgehead atoms. The third-order valence-corrected chi connectivity index (χ3v) is 3.46. The summed E-state index contributed by atoms with van der Waals surface area (Å²) in [5, 5.41) is 6.65. The SMILES string of the molecule is Cc1cc(C(=O)Nc2ccccc2N2CCCC2)no1. The minimum absolute atomic E-state index is 0.242. The zero-order valence-corrected chi connectivity index (χ0v) is 11.4.